The summed E-state index contributed by atoms with van der Waals surface area (Å²) in [7, 11) is 0. The fourth-order valence-corrected chi connectivity index (χ4v) is 2.67. The maximum atomic E-state index is 13.9. The normalized spacial score (nSPS) is 10.8. The first-order valence-electron chi connectivity index (χ1n) is 6.72. The van der Waals surface area contributed by atoms with E-state index in [4.69, 9.17) is 4.74 Å². The van der Waals surface area contributed by atoms with Crippen molar-refractivity contribution in [3.05, 3.63) is 77.6 Å². The van der Waals surface area contributed by atoms with Gasteiger partial charge in [-0.1, -0.05) is 64.5 Å². The van der Waals surface area contributed by atoms with E-state index in [1.807, 2.05) is 30.3 Å². The number of rotatable bonds is 4. The first-order chi connectivity index (χ1) is 10.3. The summed E-state index contributed by atoms with van der Waals surface area (Å²) in [6.45, 7) is 0.353. The summed E-state index contributed by atoms with van der Waals surface area (Å²) in [4.78, 5) is 0. The summed E-state index contributed by atoms with van der Waals surface area (Å²) >= 11 is 3.31. The number of hydrogen-bond donors (Lipinski definition) is 0. The van der Waals surface area contributed by atoms with E-state index in [0.717, 1.165) is 21.9 Å². The van der Waals surface area contributed by atoms with E-state index < -0.39 is 0 Å². The third-order valence-corrected chi connectivity index (χ3v) is 4.06. The lowest BCUT2D eigenvalue weighted by Crippen LogP contribution is -1.98. The summed E-state index contributed by atoms with van der Waals surface area (Å²) in [5.74, 6) is -0.0418. The van der Waals surface area contributed by atoms with E-state index in [-0.39, 0.29) is 11.6 Å². The van der Waals surface area contributed by atoms with E-state index in [2.05, 4.69) is 34.1 Å². The Morgan fingerprint density at radius 2 is 1.76 bits per heavy atom. The van der Waals surface area contributed by atoms with Crippen LogP contribution in [0.4, 0.5) is 4.39 Å². The van der Waals surface area contributed by atoms with Crippen LogP contribution in [0.25, 0.3) is 10.8 Å². The zero-order valence-electron chi connectivity index (χ0n) is 11.4. The number of alkyl halides is 1. The maximum absolute atomic E-state index is 13.9. The van der Waals surface area contributed by atoms with Gasteiger partial charge in [0.25, 0.3) is 0 Å². The summed E-state index contributed by atoms with van der Waals surface area (Å²) in [5.41, 5.74) is 1.95. The highest BCUT2D eigenvalue weighted by Crippen LogP contribution is 2.23. The predicted molar refractivity (Wildman–Crippen MR) is 87.3 cm³/mol. The van der Waals surface area contributed by atoms with Crippen LogP contribution in [0.3, 0.4) is 0 Å². The van der Waals surface area contributed by atoms with Crippen molar-refractivity contribution < 1.29 is 9.13 Å². The zero-order valence-corrected chi connectivity index (χ0v) is 12.9. The maximum Gasteiger partial charge on any atom is 0.165 e. The number of halogens is 2. The largest absolute Gasteiger partial charge is 0.486 e. The zero-order chi connectivity index (χ0) is 14.7. The molecule has 3 heteroatoms. The Hall–Kier alpha value is -1.87. The number of hydrogen-bond acceptors (Lipinski definition) is 1. The summed E-state index contributed by atoms with van der Waals surface area (Å²) in [5, 5.41) is 2.93. The average molecular weight is 345 g/mol. The topological polar surface area (TPSA) is 9.23 Å². The molecule has 21 heavy (non-hydrogen) atoms. The minimum absolute atomic E-state index is 0.285. The monoisotopic (exact) mass is 344 g/mol. The van der Waals surface area contributed by atoms with Crippen molar-refractivity contribution in [1.29, 1.82) is 0 Å². The van der Waals surface area contributed by atoms with Crippen LogP contribution in [0.15, 0.2) is 60.7 Å². The second-order valence-electron chi connectivity index (χ2n) is 4.83. The van der Waals surface area contributed by atoms with E-state index in [9.17, 15) is 4.39 Å². The van der Waals surface area contributed by atoms with Crippen LogP contribution in [0.1, 0.15) is 11.1 Å². The first kappa shape index (κ1) is 14.1. The molecule has 106 valence electrons. The molecule has 0 saturated carbocycles. The molecule has 0 spiro atoms. The molecule has 1 nitrogen and oxygen atoms in total. The molecule has 0 fully saturated rings. The van der Waals surface area contributed by atoms with Gasteiger partial charge in [-0.25, -0.2) is 4.39 Å². The fraction of sp³-hybridized carbons (Fsp3) is 0.111. The van der Waals surface area contributed by atoms with Gasteiger partial charge in [-0.3, -0.25) is 0 Å². The van der Waals surface area contributed by atoms with Crippen LogP contribution in [-0.2, 0) is 11.9 Å². The van der Waals surface area contributed by atoms with Gasteiger partial charge in [0.15, 0.2) is 11.6 Å². The van der Waals surface area contributed by atoms with Crippen molar-refractivity contribution in [2.24, 2.45) is 0 Å². The van der Waals surface area contributed by atoms with Gasteiger partial charge in [-0.05, 0) is 34.0 Å². The van der Waals surface area contributed by atoms with Crippen LogP contribution in [-0.4, -0.2) is 0 Å². The average Bonchev–Trinajstić information content (AvgIpc) is 2.53. The van der Waals surface area contributed by atoms with Gasteiger partial charge in [0.2, 0.25) is 0 Å². The lowest BCUT2D eigenvalue weighted by molar-refractivity contribution is 0.291. The van der Waals surface area contributed by atoms with Crippen molar-refractivity contribution >= 4 is 26.7 Å². The van der Waals surface area contributed by atoms with E-state index in [1.165, 1.54) is 6.07 Å². The van der Waals surface area contributed by atoms with Gasteiger partial charge in [0.1, 0.15) is 6.61 Å². The Kier molecular flexibility index (Phi) is 4.20. The van der Waals surface area contributed by atoms with Gasteiger partial charge in [0.05, 0.1) is 0 Å². The Morgan fingerprint density at radius 1 is 0.952 bits per heavy atom. The van der Waals surface area contributed by atoms with E-state index in [0.29, 0.717) is 11.9 Å². The summed E-state index contributed by atoms with van der Waals surface area (Å²) < 4.78 is 19.5. The molecular weight excluding hydrogens is 331 g/mol. The molecule has 3 aromatic rings. The lowest BCUT2D eigenvalue weighted by atomic mass is 10.1. The second-order valence-corrected chi connectivity index (χ2v) is 5.39. The van der Waals surface area contributed by atoms with Crippen LogP contribution >= 0.6 is 15.9 Å². The molecule has 3 aromatic carbocycles. The molecular formula is C18H14BrFO. The molecule has 0 saturated heterocycles. The molecule has 0 aliphatic carbocycles. The van der Waals surface area contributed by atoms with Gasteiger partial charge < -0.3 is 4.74 Å². The molecule has 3 rings (SSSR count). The number of fused-ring (bicyclic) bond motifs is 1. The smallest absolute Gasteiger partial charge is 0.165 e. The molecule has 0 aliphatic heterocycles. The highest BCUT2D eigenvalue weighted by molar-refractivity contribution is 9.08. The van der Waals surface area contributed by atoms with Crippen LogP contribution in [0.2, 0.25) is 0 Å². The van der Waals surface area contributed by atoms with E-state index in [1.54, 1.807) is 6.07 Å². The predicted octanol–water partition coefficient (Wildman–Crippen LogP) is 5.45. The van der Waals surface area contributed by atoms with Crippen molar-refractivity contribution in [2.75, 3.05) is 0 Å². The number of benzene rings is 3. The number of ether oxygens (including phenoxy) is 1. The molecule has 0 aliphatic rings. The standard InChI is InChI=1S/C18H14BrFO/c19-11-13-8-9-18(17(20)10-13)21-12-15-6-3-5-14-4-1-2-7-16(14)15/h1-10H,11-12H2. The Labute approximate surface area is 131 Å². The Morgan fingerprint density at radius 3 is 2.57 bits per heavy atom. The molecule has 0 unspecified atom stereocenters. The SMILES string of the molecule is Fc1cc(CBr)ccc1OCc1cccc2ccccc12. The molecule has 0 heterocycles. The minimum atomic E-state index is -0.327. The second kappa shape index (κ2) is 6.27. The van der Waals surface area contributed by atoms with Gasteiger partial charge >= 0.3 is 0 Å². The van der Waals surface area contributed by atoms with Crippen LogP contribution in [0, 0.1) is 5.82 Å². The minimum Gasteiger partial charge on any atom is -0.486 e. The van der Waals surface area contributed by atoms with Crippen LogP contribution in [0.5, 0.6) is 5.75 Å². The van der Waals surface area contributed by atoms with Gasteiger partial charge in [0, 0.05) is 5.33 Å². The van der Waals surface area contributed by atoms with Crippen molar-refractivity contribution in [2.45, 2.75) is 11.9 Å². The quantitative estimate of drug-likeness (QED) is 0.571. The fourth-order valence-electron chi connectivity index (χ4n) is 2.32. The third kappa shape index (κ3) is 3.08. The highest BCUT2D eigenvalue weighted by atomic mass is 79.9. The molecule has 0 amide bonds. The van der Waals surface area contributed by atoms with Gasteiger partial charge in [-0.2, -0.15) is 0 Å². The Bertz CT molecular complexity index is 765. The molecule has 0 aromatic heterocycles. The molecule has 0 atom stereocenters. The van der Waals surface area contributed by atoms with Crippen molar-refractivity contribution in [3.8, 4) is 5.75 Å². The van der Waals surface area contributed by atoms with Gasteiger partial charge in [-0.15, -0.1) is 0 Å². The lowest BCUT2D eigenvalue weighted by Gasteiger charge is -2.10. The van der Waals surface area contributed by atoms with Crippen molar-refractivity contribution in [3.63, 3.8) is 0 Å². The summed E-state index contributed by atoms with van der Waals surface area (Å²) in [6.07, 6.45) is 0. The third-order valence-electron chi connectivity index (χ3n) is 3.41. The Balaban J connectivity index is 1.84. The van der Waals surface area contributed by atoms with Crippen molar-refractivity contribution in [1.82, 2.24) is 0 Å². The molecule has 0 radical (unpaired) electrons. The summed E-state index contributed by atoms with van der Waals surface area (Å²) in [6, 6.07) is 19.2. The first-order valence-corrected chi connectivity index (χ1v) is 7.84. The molecule has 0 bridgehead atoms. The van der Waals surface area contributed by atoms with E-state index >= 15 is 0 Å². The molecule has 0 N–H and O–H groups in total. The highest BCUT2D eigenvalue weighted by Gasteiger charge is 2.06. The van der Waals surface area contributed by atoms with Crippen LogP contribution < -0.4 is 4.74 Å².